The van der Waals surface area contributed by atoms with Crippen molar-refractivity contribution in [2.75, 3.05) is 6.61 Å². The number of aliphatic carboxylic acids is 1. The molecule has 0 bridgehead atoms. The standard InChI is InChI=1S/C17H16O4/c1-2-20-15-8-3-4-9-16(15)21-14-7-5-6-13(12-14)10-11-17(18)19/h3-12H,2H2,1H3,(H,18,19). The van der Waals surface area contributed by atoms with Crippen molar-refractivity contribution < 1.29 is 19.4 Å². The van der Waals surface area contributed by atoms with Crippen molar-refractivity contribution >= 4 is 12.0 Å². The molecule has 1 N–H and O–H groups in total. The summed E-state index contributed by atoms with van der Waals surface area (Å²) in [7, 11) is 0. The van der Waals surface area contributed by atoms with E-state index >= 15 is 0 Å². The van der Waals surface area contributed by atoms with Gasteiger partial charge in [0, 0.05) is 6.08 Å². The number of ether oxygens (including phenoxy) is 2. The molecule has 0 amide bonds. The van der Waals surface area contributed by atoms with Crippen LogP contribution >= 0.6 is 0 Å². The van der Waals surface area contributed by atoms with Crippen molar-refractivity contribution in [1.82, 2.24) is 0 Å². The predicted octanol–water partition coefficient (Wildman–Crippen LogP) is 3.98. The summed E-state index contributed by atoms with van der Waals surface area (Å²) in [4.78, 5) is 10.5. The Kier molecular flexibility index (Phi) is 4.99. The summed E-state index contributed by atoms with van der Waals surface area (Å²) in [6.45, 7) is 2.47. The first-order valence-corrected chi connectivity index (χ1v) is 6.60. The van der Waals surface area contributed by atoms with Crippen LogP contribution in [0.5, 0.6) is 17.2 Å². The number of carboxylic acid groups (broad SMARTS) is 1. The zero-order valence-corrected chi connectivity index (χ0v) is 11.7. The summed E-state index contributed by atoms with van der Waals surface area (Å²) in [6, 6.07) is 14.6. The lowest BCUT2D eigenvalue weighted by molar-refractivity contribution is -0.131. The van der Waals surface area contributed by atoms with Gasteiger partial charge in [-0.25, -0.2) is 4.79 Å². The second kappa shape index (κ2) is 7.14. The number of rotatable bonds is 6. The molecule has 4 nitrogen and oxygen atoms in total. The van der Waals surface area contributed by atoms with Crippen LogP contribution in [0.25, 0.3) is 6.08 Å². The van der Waals surface area contributed by atoms with Crippen LogP contribution in [0.4, 0.5) is 0 Å². The van der Waals surface area contributed by atoms with Crippen LogP contribution in [-0.2, 0) is 4.79 Å². The first-order valence-electron chi connectivity index (χ1n) is 6.60. The van der Waals surface area contributed by atoms with Crippen molar-refractivity contribution in [3.8, 4) is 17.2 Å². The van der Waals surface area contributed by atoms with Crippen LogP contribution in [0.1, 0.15) is 12.5 Å². The van der Waals surface area contributed by atoms with Gasteiger partial charge in [0.25, 0.3) is 0 Å². The Morgan fingerprint density at radius 1 is 1.14 bits per heavy atom. The van der Waals surface area contributed by atoms with Gasteiger partial charge in [0.1, 0.15) is 5.75 Å². The molecule has 0 atom stereocenters. The van der Waals surface area contributed by atoms with Gasteiger partial charge in [0.05, 0.1) is 6.61 Å². The summed E-state index contributed by atoms with van der Waals surface area (Å²) < 4.78 is 11.3. The molecule has 2 aromatic carbocycles. The van der Waals surface area contributed by atoms with Crippen LogP contribution in [0, 0.1) is 0 Å². The fourth-order valence-electron chi connectivity index (χ4n) is 1.79. The third kappa shape index (κ3) is 4.38. The molecule has 0 aliphatic heterocycles. The Hall–Kier alpha value is -2.75. The number of carboxylic acids is 1. The molecule has 0 saturated carbocycles. The summed E-state index contributed by atoms with van der Waals surface area (Å²) in [6.07, 6.45) is 2.61. The number of benzene rings is 2. The van der Waals surface area contributed by atoms with Gasteiger partial charge >= 0.3 is 5.97 Å². The molecule has 4 heteroatoms. The van der Waals surface area contributed by atoms with Gasteiger partial charge < -0.3 is 14.6 Å². The van der Waals surface area contributed by atoms with Gasteiger partial charge in [-0.3, -0.25) is 0 Å². The zero-order valence-electron chi connectivity index (χ0n) is 11.7. The van der Waals surface area contributed by atoms with Gasteiger partial charge in [-0.2, -0.15) is 0 Å². The highest BCUT2D eigenvalue weighted by molar-refractivity contribution is 5.85. The van der Waals surface area contributed by atoms with Crippen molar-refractivity contribution in [2.45, 2.75) is 6.92 Å². The predicted molar refractivity (Wildman–Crippen MR) is 80.8 cm³/mol. The third-order valence-electron chi connectivity index (χ3n) is 2.65. The molecule has 2 aromatic rings. The lowest BCUT2D eigenvalue weighted by Gasteiger charge is -2.11. The monoisotopic (exact) mass is 284 g/mol. The van der Waals surface area contributed by atoms with Gasteiger partial charge in [-0.05, 0) is 42.8 Å². The molecule has 0 fully saturated rings. The van der Waals surface area contributed by atoms with Gasteiger partial charge in [0.2, 0.25) is 0 Å². The van der Waals surface area contributed by atoms with E-state index in [1.165, 1.54) is 6.08 Å². The van der Waals surface area contributed by atoms with E-state index in [2.05, 4.69) is 0 Å². The highest BCUT2D eigenvalue weighted by Gasteiger charge is 2.05. The minimum Gasteiger partial charge on any atom is -0.490 e. The molecule has 21 heavy (non-hydrogen) atoms. The van der Waals surface area contributed by atoms with E-state index in [4.69, 9.17) is 14.6 Å². The number of para-hydroxylation sites is 2. The third-order valence-corrected chi connectivity index (χ3v) is 2.65. The fourth-order valence-corrected chi connectivity index (χ4v) is 1.79. The number of hydrogen-bond donors (Lipinski definition) is 1. The molecular weight excluding hydrogens is 268 g/mol. The Morgan fingerprint density at radius 3 is 2.62 bits per heavy atom. The lowest BCUT2D eigenvalue weighted by Crippen LogP contribution is -1.94. The summed E-state index contributed by atoms with van der Waals surface area (Å²) >= 11 is 0. The quantitative estimate of drug-likeness (QED) is 0.815. The second-order valence-corrected chi connectivity index (χ2v) is 4.23. The number of hydrogen-bond acceptors (Lipinski definition) is 3. The zero-order chi connectivity index (χ0) is 15.1. The van der Waals surface area contributed by atoms with E-state index in [1.807, 2.05) is 31.2 Å². The Bertz CT molecular complexity index is 647. The molecule has 0 aliphatic rings. The van der Waals surface area contributed by atoms with Crippen molar-refractivity contribution in [2.24, 2.45) is 0 Å². The van der Waals surface area contributed by atoms with Crippen molar-refractivity contribution in [3.63, 3.8) is 0 Å². The largest absolute Gasteiger partial charge is 0.490 e. The van der Waals surface area contributed by atoms with Crippen LogP contribution in [0.2, 0.25) is 0 Å². The van der Waals surface area contributed by atoms with E-state index in [0.29, 0.717) is 23.9 Å². The SMILES string of the molecule is CCOc1ccccc1Oc1cccc(C=CC(=O)O)c1. The average Bonchev–Trinajstić information content (AvgIpc) is 2.48. The first-order chi connectivity index (χ1) is 10.2. The van der Waals surface area contributed by atoms with E-state index in [-0.39, 0.29) is 0 Å². The molecule has 0 aliphatic carbocycles. The summed E-state index contributed by atoms with van der Waals surface area (Å²) in [5.74, 6) is 0.933. The lowest BCUT2D eigenvalue weighted by atomic mass is 10.2. The van der Waals surface area contributed by atoms with Gasteiger partial charge in [-0.15, -0.1) is 0 Å². The average molecular weight is 284 g/mol. The van der Waals surface area contributed by atoms with E-state index in [9.17, 15) is 4.79 Å². The maximum absolute atomic E-state index is 10.5. The van der Waals surface area contributed by atoms with E-state index < -0.39 is 5.97 Å². The Labute approximate surface area is 123 Å². The molecule has 2 rings (SSSR count). The molecule has 0 aromatic heterocycles. The van der Waals surface area contributed by atoms with Crippen molar-refractivity contribution in [1.29, 1.82) is 0 Å². The molecule has 0 heterocycles. The normalized spacial score (nSPS) is 10.5. The molecule has 0 spiro atoms. The topological polar surface area (TPSA) is 55.8 Å². The Morgan fingerprint density at radius 2 is 1.90 bits per heavy atom. The highest BCUT2D eigenvalue weighted by atomic mass is 16.5. The second-order valence-electron chi connectivity index (χ2n) is 4.23. The van der Waals surface area contributed by atoms with Crippen LogP contribution in [-0.4, -0.2) is 17.7 Å². The van der Waals surface area contributed by atoms with Gasteiger partial charge in [0.15, 0.2) is 11.5 Å². The summed E-state index contributed by atoms with van der Waals surface area (Å²) in [5, 5.41) is 8.64. The molecule has 0 radical (unpaired) electrons. The smallest absolute Gasteiger partial charge is 0.328 e. The van der Waals surface area contributed by atoms with Crippen LogP contribution in [0.15, 0.2) is 54.6 Å². The maximum atomic E-state index is 10.5. The van der Waals surface area contributed by atoms with Crippen LogP contribution < -0.4 is 9.47 Å². The molecule has 0 unspecified atom stereocenters. The summed E-state index contributed by atoms with van der Waals surface area (Å²) in [5.41, 5.74) is 0.754. The van der Waals surface area contributed by atoms with Crippen molar-refractivity contribution in [3.05, 3.63) is 60.2 Å². The maximum Gasteiger partial charge on any atom is 0.328 e. The first kappa shape index (κ1) is 14.7. The Balaban J connectivity index is 2.20. The number of carbonyl (C=O) groups is 1. The molecular formula is C17H16O4. The fraction of sp³-hybridized carbons (Fsp3) is 0.118. The van der Waals surface area contributed by atoms with Gasteiger partial charge in [-0.1, -0.05) is 24.3 Å². The minimum atomic E-state index is -0.983. The molecule has 108 valence electrons. The highest BCUT2D eigenvalue weighted by Crippen LogP contribution is 2.31. The molecule has 0 saturated heterocycles. The van der Waals surface area contributed by atoms with E-state index in [0.717, 1.165) is 11.6 Å². The van der Waals surface area contributed by atoms with Crippen LogP contribution in [0.3, 0.4) is 0 Å². The minimum absolute atomic E-state index is 0.557. The van der Waals surface area contributed by atoms with E-state index in [1.54, 1.807) is 24.3 Å².